The summed E-state index contributed by atoms with van der Waals surface area (Å²) in [5.41, 5.74) is -0.186. The summed E-state index contributed by atoms with van der Waals surface area (Å²) < 4.78 is 43.6. The van der Waals surface area contributed by atoms with E-state index in [9.17, 15) is 12.9 Å². The molecule has 0 radical (unpaired) electrons. The van der Waals surface area contributed by atoms with Gasteiger partial charge in [-0.25, -0.2) is 0 Å². The van der Waals surface area contributed by atoms with Gasteiger partial charge in [-0.2, -0.15) is 0 Å². The SMILES string of the molecule is CC(C)(C)C(OCc1ccccc1)[B-](F)(F)F. The summed E-state index contributed by atoms with van der Waals surface area (Å²) in [6.07, 6.45) is 0. The number of benzene rings is 1. The van der Waals surface area contributed by atoms with Gasteiger partial charge in [0.15, 0.2) is 0 Å². The normalized spacial score (nSPS) is 14.7. The highest BCUT2D eigenvalue weighted by Gasteiger charge is 2.43. The van der Waals surface area contributed by atoms with E-state index in [1.54, 1.807) is 24.3 Å². The van der Waals surface area contributed by atoms with E-state index in [4.69, 9.17) is 4.74 Å². The van der Waals surface area contributed by atoms with Gasteiger partial charge in [-0.3, -0.25) is 0 Å². The molecular formula is C12H17BF3O-. The van der Waals surface area contributed by atoms with Crippen molar-refractivity contribution in [2.75, 3.05) is 0 Å². The summed E-state index contributed by atoms with van der Waals surface area (Å²) >= 11 is 0. The highest BCUT2D eigenvalue weighted by Crippen LogP contribution is 2.33. The highest BCUT2D eigenvalue weighted by atomic mass is 19.4. The van der Waals surface area contributed by atoms with Gasteiger partial charge in [-0.05, 0) is 11.0 Å². The Labute approximate surface area is 100 Å². The first-order valence-corrected chi connectivity index (χ1v) is 5.57. The van der Waals surface area contributed by atoms with Gasteiger partial charge in [0, 0.05) is 6.00 Å². The van der Waals surface area contributed by atoms with Gasteiger partial charge in [-0.15, -0.1) is 0 Å². The van der Waals surface area contributed by atoms with Gasteiger partial charge in [0.05, 0.1) is 6.61 Å². The monoisotopic (exact) mass is 245 g/mol. The molecule has 96 valence electrons. The van der Waals surface area contributed by atoms with Crippen molar-refractivity contribution in [3.8, 4) is 0 Å². The maximum absolute atomic E-state index is 12.9. The largest absolute Gasteiger partial charge is 0.507 e. The maximum atomic E-state index is 12.9. The fourth-order valence-corrected chi connectivity index (χ4v) is 1.69. The fraction of sp³-hybridized carbons (Fsp3) is 0.500. The lowest BCUT2D eigenvalue weighted by Crippen LogP contribution is -2.46. The Morgan fingerprint density at radius 2 is 1.65 bits per heavy atom. The molecule has 5 heteroatoms. The van der Waals surface area contributed by atoms with Crippen molar-refractivity contribution in [1.29, 1.82) is 0 Å². The molecule has 0 saturated heterocycles. The highest BCUT2D eigenvalue weighted by molar-refractivity contribution is 6.60. The molecule has 0 aliphatic heterocycles. The second-order valence-electron chi connectivity index (χ2n) is 5.21. The Kier molecular flexibility index (Phi) is 4.25. The van der Waals surface area contributed by atoms with Crippen LogP contribution in [0.5, 0.6) is 0 Å². The van der Waals surface area contributed by atoms with Crippen LogP contribution in [-0.4, -0.2) is 13.0 Å². The van der Waals surface area contributed by atoms with Crippen LogP contribution >= 0.6 is 0 Å². The Morgan fingerprint density at radius 1 is 1.12 bits per heavy atom. The second-order valence-corrected chi connectivity index (χ2v) is 5.21. The summed E-state index contributed by atoms with van der Waals surface area (Å²) in [5.74, 6) is 0. The molecule has 1 atom stereocenters. The van der Waals surface area contributed by atoms with Gasteiger partial charge in [-0.1, -0.05) is 51.1 Å². The summed E-state index contributed by atoms with van der Waals surface area (Å²) in [4.78, 5) is 0. The second kappa shape index (κ2) is 5.13. The number of rotatable bonds is 4. The predicted molar refractivity (Wildman–Crippen MR) is 63.6 cm³/mol. The molecule has 1 nitrogen and oxygen atoms in total. The van der Waals surface area contributed by atoms with Gasteiger partial charge in [0.25, 0.3) is 0 Å². The maximum Gasteiger partial charge on any atom is 0.507 e. The zero-order valence-electron chi connectivity index (χ0n) is 10.3. The van der Waals surface area contributed by atoms with Crippen molar-refractivity contribution in [2.24, 2.45) is 5.41 Å². The molecule has 1 unspecified atom stereocenters. The van der Waals surface area contributed by atoms with Gasteiger partial charge >= 0.3 is 6.98 Å². The lowest BCUT2D eigenvalue weighted by atomic mass is 9.67. The van der Waals surface area contributed by atoms with Crippen molar-refractivity contribution >= 4 is 6.98 Å². The quantitative estimate of drug-likeness (QED) is 0.728. The Morgan fingerprint density at radius 3 is 2.06 bits per heavy atom. The van der Waals surface area contributed by atoms with Crippen LogP contribution in [0.1, 0.15) is 26.3 Å². The number of hydrogen-bond acceptors (Lipinski definition) is 1. The average Bonchev–Trinajstić information content (AvgIpc) is 2.15. The van der Waals surface area contributed by atoms with Crippen molar-refractivity contribution in [2.45, 2.75) is 33.4 Å². The third-order valence-electron chi connectivity index (χ3n) is 2.47. The molecule has 0 bridgehead atoms. The molecule has 1 aromatic carbocycles. The molecule has 0 aliphatic rings. The van der Waals surface area contributed by atoms with Gasteiger partial charge in [0.1, 0.15) is 0 Å². The van der Waals surface area contributed by atoms with Crippen LogP contribution in [-0.2, 0) is 11.3 Å². The standard InChI is InChI=1S/C12H17BF3O/c1-12(2,3)11(13(14,15)16)17-9-10-7-5-4-6-8-10/h4-8,11H,9H2,1-3H3/q-1. The van der Waals surface area contributed by atoms with Crippen molar-refractivity contribution in [3.63, 3.8) is 0 Å². The molecule has 0 amide bonds. The number of halogens is 3. The molecule has 0 N–H and O–H groups in total. The van der Waals surface area contributed by atoms with E-state index in [0.29, 0.717) is 0 Å². The fourth-order valence-electron chi connectivity index (χ4n) is 1.69. The Balaban J connectivity index is 2.70. The Hall–Kier alpha value is -0.965. The van der Waals surface area contributed by atoms with Crippen LogP contribution in [0.15, 0.2) is 30.3 Å². The average molecular weight is 245 g/mol. The lowest BCUT2D eigenvalue weighted by Gasteiger charge is -2.37. The van der Waals surface area contributed by atoms with Crippen LogP contribution in [0.4, 0.5) is 12.9 Å². The van der Waals surface area contributed by atoms with Crippen LogP contribution in [0, 0.1) is 5.41 Å². The minimum absolute atomic E-state index is 0.00988. The molecule has 1 aromatic rings. The van der Waals surface area contributed by atoms with Crippen LogP contribution in [0.25, 0.3) is 0 Å². The molecule has 0 aliphatic carbocycles. The van der Waals surface area contributed by atoms with Crippen molar-refractivity contribution < 1.29 is 17.7 Å². The zero-order valence-corrected chi connectivity index (χ0v) is 10.3. The summed E-state index contributed by atoms with van der Waals surface area (Å²) in [7, 11) is 0. The molecule has 0 saturated carbocycles. The zero-order chi connectivity index (χ0) is 13.1. The van der Waals surface area contributed by atoms with E-state index >= 15 is 0 Å². The van der Waals surface area contributed by atoms with Crippen LogP contribution in [0.2, 0.25) is 0 Å². The smallest absolute Gasteiger partial charge is 0.447 e. The van der Waals surface area contributed by atoms with Crippen LogP contribution < -0.4 is 0 Å². The molecular weight excluding hydrogens is 228 g/mol. The molecule has 17 heavy (non-hydrogen) atoms. The molecule has 0 aromatic heterocycles. The predicted octanol–water partition coefficient (Wildman–Crippen LogP) is 4.00. The molecule has 1 rings (SSSR count). The first-order chi connectivity index (χ1) is 7.71. The minimum atomic E-state index is -5.00. The number of hydrogen-bond donors (Lipinski definition) is 0. The molecule has 0 fully saturated rings. The van der Waals surface area contributed by atoms with E-state index in [0.717, 1.165) is 5.56 Å². The summed E-state index contributed by atoms with van der Waals surface area (Å²) in [6.45, 7) is -0.387. The first-order valence-electron chi connectivity index (χ1n) is 5.57. The van der Waals surface area contributed by atoms with Crippen molar-refractivity contribution in [1.82, 2.24) is 0 Å². The van der Waals surface area contributed by atoms with E-state index in [2.05, 4.69) is 0 Å². The van der Waals surface area contributed by atoms with Crippen LogP contribution in [0.3, 0.4) is 0 Å². The lowest BCUT2D eigenvalue weighted by molar-refractivity contribution is -0.00137. The van der Waals surface area contributed by atoms with E-state index in [-0.39, 0.29) is 6.61 Å². The third-order valence-corrected chi connectivity index (χ3v) is 2.47. The minimum Gasteiger partial charge on any atom is -0.447 e. The van der Waals surface area contributed by atoms with Gasteiger partial charge in [0.2, 0.25) is 0 Å². The van der Waals surface area contributed by atoms with Crippen molar-refractivity contribution in [3.05, 3.63) is 35.9 Å². The van der Waals surface area contributed by atoms with E-state index in [1.165, 1.54) is 20.8 Å². The first kappa shape index (κ1) is 14.1. The van der Waals surface area contributed by atoms with E-state index in [1.807, 2.05) is 6.07 Å². The molecule has 0 spiro atoms. The number of ether oxygens (including phenoxy) is 1. The third kappa shape index (κ3) is 4.42. The van der Waals surface area contributed by atoms with Gasteiger partial charge < -0.3 is 17.7 Å². The molecule has 0 heterocycles. The summed E-state index contributed by atoms with van der Waals surface area (Å²) in [5, 5.41) is 0. The Bertz CT molecular complexity index is 329. The van der Waals surface area contributed by atoms with E-state index < -0.39 is 18.4 Å². The topological polar surface area (TPSA) is 9.23 Å². The summed E-state index contributed by atoms with van der Waals surface area (Å²) in [6, 6.07) is 7.19.